The van der Waals surface area contributed by atoms with E-state index in [0.29, 0.717) is 17.9 Å². The van der Waals surface area contributed by atoms with Gasteiger partial charge in [0.25, 0.3) is 10.0 Å². The zero-order valence-corrected chi connectivity index (χ0v) is 24.1. The van der Waals surface area contributed by atoms with Gasteiger partial charge in [0.1, 0.15) is 10.6 Å². The van der Waals surface area contributed by atoms with Gasteiger partial charge in [-0.3, -0.25) is 14.3 Å². The summed E-state index contributed by atoms with van der Waals surface area (Å²) in [5, 5.41) is 2.74. The van der Waals surface area contributed by atoms with Gasteiger partial charge in [-0.05, 0) is 78.8 Å². The number of carbonyl (C=O) groups excluding carboxylic acids is 2. The van der Waals surface area contributed by atoms with E-state index in [1.165, 1.54) is 6.07 Å². The highest BCUT2D eigenvalue weighted by Gasteiger charge is 2.28. The molecular formula is C31H37N3O5S. The van der Waals surface area contributed by atoms with Crippen LogP contribution < -0.4 is 14.8 Å². The number of sulfonamides is 1. The van der Waals surface area contributed by atoms with Gasteiger partial charge in [-0.25, -0.2) is 8.42 Å². The number of rotatable bonds is 11. The van der Waals surface area contributed by atoms with Crippen LogP contribution >= 0.6 is 0 Å². The van der Waals surface area contributed by atoms with Gasteiger partial charge in [-0.1, -0.05) is 43.7 Å². The molecule has 1 aliphatic rings. The molecule has 0 aromatic heterocycles. The minimum atomic E-state index is -4.00. The van der Waals surface area contributed by atoms with E-state index in [2.05, 4.69) is 10.0 Å². The van der Waals surface area contributed by atoms with Crippen LogP contribution in [0.1, 0.15) is 61.8 Å². The van der Waals surface area contributed by atoms with Crippen molar-refractivity contribution in [3.05, 3.63) is 83.4 Å². The summed E-state index contributed by atoms with van der Waals surface area (Å²) in [6, 6.07) is 19.2. The number of hydrogen-bond acceptors (Lipinski definition) is 5. The second kappa shape index (κ2) is 13.0. The van der Waals surface area contributed by atoms with Crippen LogP contribution in [0, 0.1) is 0 Å². The lowest BCUT2D eigenvalue weighted by atomic mass is 9.86. The number of hydrogen-bond donors (Lipinski definition) is 2. The second-order valence-corrected chi connectivity index (χ2v) is 11.8. The first kappa shape index (κ1) is 29.1. The van der Waals surface area contributed by atoms with Crippen molar-refractivity contribution in [3.63, 3.8) is 0 Å². The molecule has 9 heteroatoms. The van der Waals surface area contributed by atoms with Gasteiger partial charge >= 0.3 is 0 Å². The maximum atomic E-state index is 13.4. The molecule has 0 spiro atoms. The van der Waals surface area contributed by atoms with Crippen LogP contribution in [0.25, 0.3) is 0 Å². The molecule has 1 atom stereocenters. The summed E-state index contributed by atoms with van der Waals surface area (Å²) in [4.78, 5) is 27.3. The van der Waals surface area contributed by atoms with E-state index in [1.54, 1.807) is 43.3 Å². The highest BCUT2D eigenvalue weighted by Crippen LogP contribution is 2.36. The van der Waals surface area contributed by atoms with E-state index >= 15 is 0 Å². The Kier molecular flexibility index (Phi) is 9.47. The fourth-order valence-corrected chi connectivity index (χ4v) is 6.27. The Balaban J connectivity index is 1.54. The number of likely N-dealkylation sites (N-methyl/N-ethyl adjacent to an activating group) is 1. The summed E-state index contributed by atoms with van der Waals surface area (Å²) in [5.41, 5.74) is 3.56. The number of unbranched alkanes of at least 4 members (excludes halogenated alkanes) is 1. The summed E-state index contributed by atoms with van der Waals surface area (Å²) in [6.07, 6.45) is 4.76. The largest absolute Gasteiger partial charge is 0.497 e. The predicted octanol–water partition coefficient (Wildman–Crippen LogP) is 5.70. The Bertz CT molecular complexity index is 1470. The molecule has 0 saturated heterocycles. The molecule has 4 rings (SSSR count). The molecule has 0 fully saturated rings. The molecule has 3 aromatic rings. The highest BCUT2D eigenvalue weighted by molar-refractivity contribution is 7.92. The molecule has 8 nitrogen and oxygen atoms in total. The fourth-order valence-electron chi connectivity index (χ4n) is 5.06. The Labute approximate surface area is 236 Å². The van der Waals surface area contributed by atoms with Crippen LogP contribution in [0.2, 0.25) is 0 Å². The third-order valence-electron chi connectivity index (χ3n) is 7.24. The van der Waals surface area contributed by atoms with Gasteiger partial charge in [0.15, 0.2) is 0 Å². The SMILES string of the molecule is CCCCC(=O)Nc1ccccc1S(=O)(=O)Nc1ccc2c(c1)C(N(C)C(=O)Cc1cccc(OC)c1)CCC2. The Hall–Kier alpha value is -3.85. The number of carbonyl (C=O) groups is 2. The van der Waals surface area contributed by atoms with Crippen LogP contribution in [0.4, 0.5) is 11.4 Å². The van der Waals surface area contributed by atoms with Gasteiger partial charge in [-0.2, -0.15) is 0 Å². The number of fused-ring (bicyclic) bond motifs is 1. The minimum absolute atomic E-state index is 0.000274. The number of amides is 2. The van der Waals surface area contributed by atoms with Crippen molar-refractivity contribution in [3.8, 4) is 5.75 Å². The van der Waals surface area contributed by atoms with Gasteiger partial charge in [0.05, 0.1) is 25.3 Å². The van der Waals surface area contributed by atoms with E-state index < -0.39 is 10.0 Å². The smallest absolute Gasteiger partial charge is 0.263 e. The number of nitrogens with zero attached hydrogens (tertiary/aromatic N) is 1. The quantitative estimate of drug-likeness (QED) is 0.311. The van der Waals surface area contributed by atoms with Gasteiger partial charge in [-0.15, -0.1) is 0 Å². The van der Waals surface area contributed by atoms with Crippen LogP contribution in [0.15, 0.2) is 71.6 Å². The topological polar surface area (TPSA) is 105 Å². The third kappa shape index (κ3) is 7.01. The number of anilines is 2. The summed E-state index contributed by atoms with van der Waals surface area (Å²) in [6.45, 7) is 1.99. The molecule has 1 unspecified atom stereocenters. The Morgan fingerprint density at radius 1 is 1.05 bits per heavy atom. The van der Waals surface area contributed by atoms with Gasteiger partial charge in [0, 0.05) is 19.2 Å². The minimum Gasteiger partial charge on any atom is -0.497 e. The van der Waals surface area contributed by atoms with Crippen molar-refractivity contribution in [2.75, 3.05) is 24.2 Å². The van der Waals surface area contributed by atoms with Gasteiger partial charge in [0.2, 0.25) is 11.8 Å². The molecule has 0 bridgehead atoms. The first-order valence-corrected chi connectivity index (χ1v) is 15.1. The molecule has 0 heterocycles. The number of ether oxygens (including phenoxy) is 1. The van der Waals surface area contributed by atoms with Crippen LogP contribution in [-0.4, -0.2) is 39.3 Å². The summed E-state index contributed by atoms with van der Waals surface area (Å²) in [5.74, 6) is 0.461. The molecule has 2 amide bonds. The molecule has 3 aromatic carbocycles. The van der Waals surface area contributed by atoms with E-state index in [9.17, 15) is 18.0 Å². The molecule has 212 valence electrons. The monoisotopic (exact) mass is 563 g/mol. The average molecular weight is 564 g/mol. The normalized spacial score (nSPS) is 14.6. The lowest BCUT2D eigenvalue weighted by Crippen LogP contribution is -2.34. The fraction of sp³-hybridized carbons (Fsp3) is 0.355. The molecule has 0 radical (unpaired) electrons. The number of para-hydroxylation sites is 1. The van der Waals surface area contributed by atoms with E-state index in [4.69, 9.17) is 4.74 Å². The summed E-state index contributed by atoms with van der Waals surface area (Å²) in [7, 11) is -0.596. The van der Waals surface area contributed by atoms with Crippen molar-refractivity contribution < 1.29 is 22.7 Å². The van der Waals surface area contributed by atoms with Crippen molar-refractivity contribution in [1.82, 2.24) is 4.90 Å². The molecule has 40 heavy (non-hydrogen) atoms. The number of benzene rings is 3. The standard InChI is InChI=1S/C31H37N3O5S/c1-4-5-16-30(35)32-27-13-6-7-15-29(27)40(37,38)33-24-18-17-23-11-9-14-28(26(23)21-24)34(2)31(36)20-22-10-8-12-25(19-22)39-3/h6-8,10,12-13,15,17-19,21,28,33H,4-5,9,11,14,16,20H2,1-3H3,(H,32,35). The van der Waals surface area contributed by atoms with E-state index in [0.717, 1.165) is 48.8 Å². The zero-order chi connectivity index (χ0) is 28.7. The first-order valence-electron chi connectivity index (χ1n) is 13.6. The summed E-state index contributed by atoms with van der Waals surface area (Å²) >= 11 is 0. The van der Waals surface area contributed by atoms with E-state index in [1.807, 2.05) is 43.3 Å². The van der Waals surface area contributed by atoms with Crippen LogP contribution in [-0.2, 0) is 32.5 Å². The Morgan fingerprint density at radius 3 is 2.62 bits per heavy atom. The number of aryl methyl sites for hydroxylation is 1. The highest BCUT2D eigenvalue weighted by atomic mass is 32.2. The number of methoxy groups -OCH3 is 1. The van der Waals surface area contributed by atoms with Crippen LogP contribution in [0.5, 0.6) is 5.75 Å². The average Bonchev–Trinajstić information content (AvgIpc) is 2.95. The zero-order valence-electron chi connectivity index (χ0n) is 23.3. The second-order valence-electron chi connectivity index (χ2n) is 10.1. The molecule has 1 aliphatic carbocycles. The molecule has 0 aliphatic heterocycles. The first-order chi connectivity index (χ1) is 19.2. The maximum absolute atomic E-state index is 13.4. The van der Waals surface area contributed by atoms with Crippen molar-refractivity contribution in [1.29, 1.82) is 0 Å². The Morgan fingerprint density at radius 2 is 1.85 bits per heavy atom. The van der Waals surface area contributed by atoms with Crippen LogP contribution in [0.3, 0.4) is 0 Å². The van der Waals surface area contributed by atoms with Gasteiger partial charge < -0.3 is 15.0 Å². The molecular weight excluding hydrogens is 526 g/mol. The maximum Gasteiger partial charge on any atom is 0.263 e. The summed E-state index contributed by atoms with van der Waals surface area (Å²) < 4.78 is 34.8. The molecule has 0 saturated carbocycles. The van der Waals surface area contributed by atoms with Crippen molar-refractivity contribution in [2.45, 2.75) is 62.8 Å². The molecule has 2 N–H and O–H groups in total. The predicted molar refractivity (Wildman–Crippen MR) is 157 cm³/mol. The third-order valence-corrected chi connectivity index (χ3v) is 8.68. The lowest BCUT2D eigenvalue weighted by Gasteiger charge is -2.34. The van der Waals surface area contributed by atoms with Crippen molar-refractivity contribution >= 4 is 33.2 Å². The number of nitrogens with one attached hydrogen (secondary N) is 2. The van der Waals surface area contributed by atoms with E-state index in [-0.39, 0.29) is 34.9 Å². The lowest BCUT2D eigenvalue weighted by molar-refractivity contribution is -0.131. The van der Waals surface area contributed by atoms with Crippen molar-refractivity contribution in [2.24, 2.45) is 0 Å².